The molecule has 1 heterocycles. The van der Waals surface area contributed by atoms with Crippen molar-refractivity contribution in [3.05, 3.63) is 10.9 Å². The average Bonchev–Trinajstić information content (AvgIpc) is 1.98. The van der Waals surface area contributed by atoms with Crippen molar-refractivity contribution in [3.63, 3.8) is 0 Å². The summed E-state index contributed by atoms with van der Waals surface area (Å²) in [4.78, 5) is 0. The highest BCUT2D eigenvalue weighted by atomic mass is 32.1. The van der Waals surface area contributed by atoms with Gasteiger partial charge in [-0.2, -0.15) is 0 Å². The summed E-state index contributed by atoms with van der Waals surface area (Å²) in [5.74, 6) is 0. The molecule has 1 aromatic heterocycles. The number of hydrogen-bond acceptors (Lipinski definition) is 3. The molecule has 0 fully saturated rings. The fourth-order valence-electron chi connectivity index (χ4n) is 0.446. The molecule has 4 N–H and O–H groups in total. The summed E-state index contributed by atoms with van der Waals surface area (Å²) in [5.41, 5.74) is 12.8. The fraction of sp³-hybridized carbons (Fsp3) is 0.200. The molecular formula is C5H8N2S. The minimum atomic E-state index is 0.799. The number of hydrogen-bond donors (Lipinski definition) is 2. The number of anilines is 2. The minimum absolute atomic E-state index is 0.799. The summed E-state index contributed by atoms with van der Waals surface area (Å²) >= 11 is 1.48. The molecular weight excluding hydrogens is 120 g/mol. The van der Waals surface area contributed by atoms with E-state index < -0.39 is 0 Å². The van der Waals surface area contributed by atoms with Gasteiger partial charge in [0.2, 0.25) is 0 Å². The molecule has 0 amide bonds. The molecule has 0 saturated heterocycles. The summed E-state index contributed by atoms with van der Waals surface area (Å²) in [5, 5.41) is 2.67. The summed E-state index contributed by atoms with van der Waals surface area (Å²) < 4.78 is 0. The second-order valence-electron chi connectivity index (χ2n) is 1.68. The van der Waals surface area contributed by atoms with Crippen LogP contribution in [0.5, 0.6) is 0 Å². The van der Waals surface area contributed by atoms with Crippen molar-refractivity contribution in [1.82, 2.24) is 0 Å². The van der Waals surface area contributed by atoms with Crippen molar-refractivity contribution in [2.75, 3.05) is 11.5 Å². The van der Waals surface area contributed by atoms with E-state index >= 15 is 0 Å². The predicted octanol–water partition coefficient (Wildman–Crippen LogP) is 1.22. The lowest BCUT2D eigenvalue weighted by Gasteiger charge is -1.87. The van der Waals surface area contributed by atoms with Crippen LogP contribution in [0.4, 0.5) is 10.7 Å². The molecule has 8 heavy (non-hydrogen) atoms. The lowest BCUT2D eigenvalue weighted by Crippen LogP contribution is -1.86. The third-order valence-electron chi connectivity index (χ3n) is 1.12. The molecule has 0 unspecified atom stereocenters. The van der Waals surface area contributed by atoms with Gasteiger partial charge in [-0.15, -0.1) is 11.3 Å². The molecule has 2 nitrogen and oxygen atoms in total. The number of nitrogens with two attached hydrogens (primary N) is 2. The summed E-state index contributed by atoms with van der Waals surface area (Å²) in [6, 6.07) is 0. The Morgan fingerprint density at radius 1 is 1.50 bits per heavy atom. The van der Waals surface area contributed by atoms with Gasteiger partial charge in [0, 0.05) is 16.6 Å². The molecule has 1 aromatic rings. The van der Waals surface area contributed by atoms with E-state index in [-0.39, 0.29) is 0 Å². The van der Waals surface area contributed by atoms with E-state index in [2.05, 4.69) is 0 Å². The van der Waals surface area contributed by atoms with Crippen molar-refractivity contribution < 1.29 is 0 Å². The predicted molar refractivity (Wildman–Crippen MR) is 37.9 cm³/mol. The largest absolute Gasteiger partial charge is 0.398 e. The molecule has 0 radical (unpaired) electrons. The Kier molecular flexibility index (Phi) is 1.13. The standard InChI is InChI=1S/C5H8N2S/c1-3-4(6)2-8-5(3)7/h2H,6-7H2,1H3. The summed E-state index contributed by atoms with van der Waals surface area (Å²) in [6.07, 6.45) is 0. The molecule has 0 saturated carbocycles. The van der Waals surface area contributed by atoms with Crippen LogP contribution in [0, 0.1) is 6.92 Å². The maximum absolute atomic E-state index is 5.48. The Balaban J connectivity index is 3.19. The smallest absolute Gasteiger partial charge is 0.0907 e. The van der Waals surface area contributed by atoms with Crippen molar-refractivity contribution in [3.8, 4) is 0 Å². The average molecular weight is 128 g/mol. The van der Waals surface area contributed by atoms with Crippen LogP contribution >= 0.6 is 11.3 Å². The highest BCUT2D eigenvalue weighted by Crippen LogP contribution is 2.24. The third-order valence-corrected chi connectivity index (χ3v) is 2.05. The zero-order valence-electron chi connectivity index (χ0n) is 4.64. The number of thiophene rings is 1. The van der Waals surface area contributed by atoms with Gasteiger partial charge < -0.3 is 11.5 Å². The van der Waals surface area contributed by atoms with E-state index in [1.54, 1.807) is 0 Å². The molecule has 0 atom stereocenters. The van der Waals surface area contributed by atoms with Crippen molar-refractivity contribution >= 4 is 22.0 Å². The highest BCUT2D eigenvalue weighted by molar-refractivity contribution is 7.14. The van der Waals surface area contributed by atoms with Gasteiger partial charge in [-0.1, -0.05) is 0 Å². The first-order valence-corrected chi connectivity index (χ1v) is 3.19. The van der Waals surface area contributed by atoms with E-state index in [1.807, 2.05) is 12.3 Å². The molecule has 0 aliphatic heterocycles. The molecule has 0 spiro atoms. The van der Waals surface area contributed by atoms with Crippen molar-refractivity contribution in [2.24, 2.45) is 0 Å². The second-order valence-corrected chi connectivity index (χ2v) is 2.59. The Morgan fingerprint density at radius 3 is 2.25 bits per heavy atom. The fourth-order valence-corrected chi connectivity index (χ4v) is 1.17. The van der Waals surface area contributed by atoms with Gasteiger partial charge >= 0.3 is 0 Å². The van der Waals surface area contributed by atoms with Gasteiger partial charge in [0.1, 0.15) is 0 Å². The second kappa shape index (κ2) is 1.67. The van der Waals surface area contributed by atoms with Gasteiger partial charge in [-0.05, 0) is 6.92 Å². The quantitative estimate of drug-likeness (QED) is 0.552. The molecule has 0 aromatic carbocycles. The van der Waals surface area contributed by atoms with E-state index in [9.17, 15) is 0 Å². The normalized spacial score (nSPS) is 9.62. The summed E-state index contributed by atoms with van der Waals surface area (Å²) in [7, 11) is 0. The van der Waals surface area contributed by atoms with Gasteiger partial charge in [-0.25, -0.2) is 0 Å². The van der Waals surface area contributed by atoms with Crippen LogP contribution in [-0.2, 0) is 0 Å². The van der Waals surface area contributed by atoms with Crippen LogP contribution in [0.1, 0.15) is 5.56 Å². The van der Waals surface area contributed by atoms with Crippen LogP contribution in [0.15, 0.2) is 5.38 Å². The lowest BCUT2D eigenvalue weighted by molar-refractivity contribution is 1.55. The first kappa shape index (κ1) is 5.44. The molecule has 0 aliphatic rings. The van der Waals surface area contributed by atoms with Crippen molar-refractivity contribution in [2.45, 2.75) is 6.92 Å². The maximum Gasteiger partial charge on any atom is 0.0907 e. The first-order valence-electron chi connectivity index (χ1n) is 2.31. The van der Waals surface area contributed by atoms with Crippen molar-refractivity contribution in [1.29, 1.82) is 0 Å². The Bertz CT molecular complexity index is 173. The Hall–Kier alpha value is -0.700. The van der Waals surface area contributed by atoms with E-state index in [4.69, 9.17) is 11.5 Å². The Labute approximate surface area is 52.1 Å². The maximum atomic E-state index is 5.48. The van der Waals surface area contributed by atoms with Crippen LogP contribution in [0.2, 0.25) is 0 Å². The number of nitrogen functional groups attached to an aromatic ring is 2. The number of rotatable bonds is 0. The van der Waals surface area contributed by atoms with Crippen LogP contribution < -0.4 is 11.5 Å². The zero-order chi connectivity index (χ0) is 6.15. The van der Waals surface area contributed by atoms with E-state index in [0.717, 1.165) is 16.3 Å². The van der Waals surface area contributed by atoms with E-state index in [1.165, 1.54) is 11.3 Å². The first-order chi connectivity index (χ1) is 3.72. The monoisotopic (exact) mass is 128 g/mol. The van der Waals surface area contributed by atoms with Gasteiger partial charge in [-0.3, -0.25) is 0 Å². The van der Waals surface area contributed by atoms with Gasteiger partial charge in [0.15, 0.2) is 0 Å². The minimum Gasteiger partial charge on any atom is -0.398 e. The Morgan fingerprint density at radius 2 is 2.12 bits per heavy atom. The van der Waals surface area contributed by atoms with Gasteiger partial charge in [0.05, 0.1) is 5.00 Å². The van der Waals surface area contributed by atoms with Crippen LogP contribution in [0.25, 0.3) is 0 Å². The molecule has 0 bridgehead atoms. The highest BCUT2D eigenvalue weighted by Gasteiger charge is 1.97. The van der Waals surface area contributed by atoms with Gasteiger partial charge in [0.25, 0.3) is 0 Å². The van der Waals surface area contributed by atoms with Crippen LogP contribution in [0.3, 0.4) is 0 Å². The molecule has 3 heteroatoms. The molecule has 0 aliphatic carbocycles. The zero-order valence-corrected chi connectivity index (χ0v) is 5.46. The molecule has 1 rings (SSSR count). The topological polar surface area (TPSA) is 52.0 Å². The third kappa shape index (κ3) is 0.648. The molecule has 44 valence electrons. The van der Waals surface area contributed by atoms with E-state index in [0.29, 0.717) is 0 Å². The van der Waals surface area contributed by atoms with Crippen LogP contribution in [-0.4, -0.2) is 0 Å². The summed E-state index contributed by atoms with van der Waals surface area (Å²) in [6.45, 7) is 1.92. The lowest BCUT2D eigenvalue weighted by atomic mass is 10.3. The SMILES string of the molecule is Cc1c(N)csc1N.